The Bertz CT molecular complexity index is 1230. The van der Waals surface area contributed by atoms with E-state index in [-0.39, 0.29) is 23.0 Å². The van der Waals surface area contributed by atoms with Gasteiger partial charge in [-0.2, -0.15) is 4.52 Å². The number of aromatic nitrogens is 5. The molecule has 4 heterocycles. The number of rotatable bonds is 2. The fraction of sp³-hybridized carbons (Fsp3) is 0.125. The standard InChI is InChI=1S/C16H9ClF2N6O2/c17-13-7(2-1-5-21-13)6-10-22-14-8-3-4-9-12(27-16(18,19)26-9)11(8)23-15(20)25(14)24-10/h1-5H,6H2,(H2,20,23). The van der Waals surface area contributed by atoms with Crippen molar-refractivity contribution in [2.75, 3.05) is 5.73 Å². The molecule has 0 unspecified atom stereocenters. The number of hydrogen-bond donors (Lipinski definition) is 1. The number of benzene rings is 1. The predicted octanol–water partition coefficient (Wildman–Crippen LogP) is 2.82. The number of nitrogen functional groups attached to an aromatic ring is 1. The first-order valence-electron chi connectivity index (χ1n) is 7.74. The summed E-state index contributed by atoms with van der Waals surface area (Å²) in [6.45, 7) is 0. The van der Waals surface area contributed by atoms with E-state index in [1.54, 1.807) is 24.4 Å². The van der Waals surface area contributed by atoms with Gasteiger partial charge in [0, 0.05) is 18.0 Å². The van der Waals surface area contributed by atoms with Crippen LogP contribution in [-0.4, -0.2) is 30.9 Å². The van der Waals surface area contributed by atoms with E-state index in [9.17, 15) is 8.78 Å². The van der Waals surface area contributed by atoms with Crippen molar-refractivity contribution in [2.24, 2.45) is 0 Å². The van der Waals surface area contributed by atoms with Gasteiger partial charge < -0.3 is 15.2 Å². The molecule has 0 fully saturated rings. The normalized spacial score (nSPS) is 14.9. The van der Waals surface area contributed by atoms with E-state index in [4.69, 9.17) is 17.3 Å². The maximum atomic E-state index is 13.4. The Balaban J connectivity index is 1.68. The Labute approximate surface area is 154 Å². The molecule has 0 saturated carbocycles. The molecule has 11 heteroatoms. The topological polar surface area (TPSA) is 100 Å². The van der Waals surface area contributed by atoms with Gasteiger partial charge in [0.25, 0.3) is 0 Å². The van der Waals surface area contributed by atoms with Gasteiger partial charge in [-0.15, -0.1) is 13.9 Å². The summed E-state index contributed by atoms with van der Waals surface area (Å²) in [4.78, 5) is 12.6. The van der Waals surface area contributed by atoms with Crippen LogP contribution in [0.3, 0.4) is 0 Å². The average molecular weight is 391 g/mol. The number of halogens is 3. The van der Waals surface area contributed by atoms with E-state index in [1.807, 2.05) is 0 Å². The molecular formula is C16H9ClF2N6O2. The molecule has 5 rings (SSSR count). The zero-order valence-corrected chi connectivity index (χ0v) is 14.1. The van der Waals surface area contributed by atoms with Crippen LogP contribution < -0.4 is 15.2 Å². The van der Waals surface area contributed by atoms with Crippen LogP contribution in [0.1, 0.15) is 11.4 Å². The van der Waals surface area contributed by atoms with Gasteiger partial charge in [0.1, 0.15) is 10.7 Å². The first-order chi connectivity index (χ1) is 12.9. The number of hydrogen-bond acceptors (Lipinski definition) is 7. The third-order valence-corrected chi connectivity index (χ3v) is 4.41. The van der Waals surface area contributed by atoms with E-state index in [1.165, 1.54) is 10.6 Å². The molecule has 3 aromatic heterocycles. The summed E-state index contributed by atoms with van der Waals surface area (Å²) in [5.74, 6) is 0.0897. The monoisotopic (exact) mass is 390 g/mol. The molecule has 4 aromatic rings. The van der Waals surface area contributed by atoms with Gasteiger partial charge in [-0.25, -0.2) is 15.0 Å². The van der Waals surface area contributed by atoms with Crippen LogP contribution in [0.15, 0.2) is 30.5 Å². The zero-order chi connectivity index (χ0) is 18.8. The molecule has 1 aromatic carbocycles. The summed E-state index contributed by atoms with van der Waals surface area (Å²) < 4.78 is 37.2. The second-order valence-corrected chi connectivity index (χ2v) is 6.18. The molecule has 2 N–H and O–H groups in total. The quantitative estimate of drug-likeness (QED) is 0.525. The van der Waals surface area contributed by atoms with Crippen LogP contribution >= 0.6 is 11.6 Å². The van der Waals surface area contributed by atoms with Crippen molar-refractivity contribution in [1.29, 1.82) is 0 Å². The minimum atomic E-state index is -3.75. The summed E-state index contributed by atoms with van der Waals surface area (Å²) in [6, 6.07) is 6.48. The van der Waals surface area contributed by atoms with E-state index >= 15 is 0 Å². The van der Waals surface area contributed by atoms with Crippen LogP contribution in [0, 0.1) is 0 Å². The van der Waals surface area contributed by atoms with Crippen LogP contribution in [-0.2, 0) is 6.42 Å². The minimum Gasteiger partial charge on any atom is -0.395 e. The number of fused-ring (bicyclic) bond motifs is 5. The largest absolute Gasteiger partial charge is 0.586 e. The van der Waals surface area contributed by atoms with Crippen LogP contribution in [0.5, 0.6) is 11.5 Å². The van der Waals surface area contributed by atoms with Crippen molar-refractivity contribution in [1.82, 2.24) is 24.6 Å². The summed E-state index contributed by atoms with van der Waals surface area (Å²) in [5, 5.41) is 5.12. The van der Waals surface area contributed by atoms with Gasteiger partial charge in [-0.1, -0.05) is 17.7 Å². The van der Waals surface area contributed by atoms with Gasteiger partial charge in [0.15, 0.2) is 23.0 Å². The lowest BCUT2D eigenvalue weighted by Gasteiger charge is -2.05. The smallest absolute Gasteiger partial charge is 0.395 e. The molecule has 8 nitrogen and oxygen atoms in total. The van der Waals surface area contributed by atoms with Crippen LogP contribution in [0.4, 0.5) is 14.7 Å². The van der Waals surface area contributed by atoms with E-state index < -0.39 is 6.29 Å². The number of anilines is 1. The fourth-order valence-corrected chi connectivity index (χ4v) is 3.12. The van der Waals surface area contributed by atoms with Gasteiger partial charge in [-0.3, -0.25) is 0 Å². The van der Waals surface area contributed by atoms with E-state index in [0.717, 1.165) is 5.56 Å². The van der Waals surface area contributed by atoms with Gasteiger partial charge in [0.05, 0.1) is 0 Å². The molecule has 0 saturated heterocycles. The van der Waals surface area contributed by atoms with Crippen molar-refractivity contribution >= 4 is 34.1 Å². The van der Waals surface area contributed by atoms with E-state index in [0.29, 0.717) is 28.4 Å². The Kier molecular flexibility index (Phi) is 3.17. The molecular weight excluding hydrogens is 382 g/mol. The summed E-state index contributed by atoms with van der Waals surface area (Å²) in [6.07, 6.45) is -1.86. The van der Waals surface area contributed by atoms with Crippen molar-refractivity contribution < 1.29 is 18.3 Å². The highest BCUT2D eigenvalue weighted by atomic mass is 35.5. The maximum Gasteiger partial charge on any atom is 0.586 e. The molecule has 1 aliphatic rings. The summed E-state index contributed by atoms with van der Waals surface area (Å²) in [5.41, 5.74) is 7.16. The second kappa shape index (κ2) is 5.36. The fourth-order valence-electron chi connectivity index (χ4n) is 2.94. The molecule has 0 spiro atoms. The van der Waals surface area contributed by atoms with Crippen LogP contribution in [0.25, 0.3) is 16.6 Å². The number of pyridine rings is 1. The van der Waals surface area contributed by atoms with Crippen molar-refractivity contribution in [2.45, 2.75) is 12.7 Å². The van der Waals surface area contributed by atoms with Gasteiger partial charge in [-0.05, 0) is 23.8 Å². The Morgan fingerprint density at radius 2 is 2.04 bits per heavy atom. The molecule has 0 atom stereocenters. The van der Waals surface area contributed by atoms with Crippen molar-refractivity contribution in [3.63, 3.8) is 0 Å². The van der Waals surface area contributed by atoms with Crippen molar-refractivity contribution in [3.05, 3.63) is 47.0 Å². The van der Waals surface area contributed by atoms with Crippen molar-refractivity contribution in [3.8, 4) is 11.5 Å². The number of ether oxygens (including phenoxy) is 2. The number of alkyl halides is 2. The lowest BCUT2D eigenvalue weighted by atomic mass is 10.2. The first-order valence-corrected chi connectivity index (χ1v) is 8.12. The average Bonchev–Trinajstić information content (AvgIpc) is 3.17. The number of nitrogens with two attached hydrogens (primary N) is 1. The highest BCUT2D eigenvalue weighted by molar-refractivity contribution is 6.30. The third-order valence-electron chi connectivity index (χ3n) is 4.07. The minimum absolute atomic E-state index is 0.0271. The number of nitrogens with zero attached hydrogens (tertiary/aromatic N) is 5. The Morgan fingerprint density at radius 1 is 1.19 bits per heavy atom. The van der Waals surface area contributed by atoms with Gasteiger partial charge >= 0.3 is 6.29 Å². The highest BCUT2D eigenvalue weighted by Gasteiger charge is 2.44. The molecule has 0 bridgehead atoms. The summed E-state index contributed by atoms with van der Waals surface area (Å²) in [7, 11) is 0. The highest BCUT2D eigenvalue weighted by Crippen LogP contribution is 2.45. The SMILES string of the molecule is Nc1nc2c3c(ccc2c2nc(Cc4cccnc4Cl)nn12)OC(F)(F)O3. The molecule has 0 amide bonds. The molecule has 0 aliphatic carbocycles. The second-order valence-electron chi connectivity index (χ2n) is 5.82. The maximum absolute atomic E-state index is 13.4. The lowest BCUT2D eigenvalue weighted by molar-refractivity contribution is -0.286. The Morgan fingerprint density at radius 3 is 2.85 bits per heavy atom. The zero-order valence-electron chi connectivity index (χ0n) is 13.4. The van der Waals surface area contributed by atoms with E-state index in [2.05, 4.69) is 29.5 Å². The molecule has 27 heavy (non-hydrogen) atoms. The van der Waals surface area contributed by atoms with Gasteiger partial charge in [0.2, 0.25) is 5.95 Å². The molecule has 136 valence electrons. The molecule has 0 radical (unpaired) electrons. The first kappa shape index (κ1) is 15.9. The lowest BCUT2D eigenvalue weighted by Crippen LogP contribution is -2.26. The Hall–Kier alpha value is -3.27. The third kappa shape index (κ3) is 2.48. The predicted molar refractivity (Wildman–Crippen MR) is 91.0 cm³/mol. The summed E-state index contributed by atoms with van der Waals surface area (Å²) >= 11 is 6.08. The molecule has 1 aliphatic heterocycles. The van der Waals surface area contributed by atoms with Crippen LogP contribution in [0.2, 0.25) is 5.15 Å².